The predicted molar refractivity (Wildman–Crippen MR) is 95.2 cm³/mol. The number of nitrogens with zero attached hydrogens (tertiary/aromatic N) is 2. The molecule has 28 heavy (non-hydrogen) atoms. The van der Waals surface area contributed by atoms with E-state index in [1.807, 2.05) is 0 Å². The molecule has 150 valence electrons. The number of hydrogen-bond acceptors (Lipinski definition) is 4. The van der Waals surface area contributed by atoms with Gasteiger partial charge in [0.15, 0.2) is 0 Å². The van der Waals surface area contributed by atoms with Gasteiger partial charge >= 0.3 is 12.3 Å². The summed E-state index contributed by atoms with van der Waals surface area (Å²) in [6.07, 6.45) is -2.96. The Morgan fingerprint density at radius 2 is 1.96 bits per heavy atom. The average Bonchev–Trinajstić information content (AvgIpc) is 2.57. The second kappa shape index (κ2) is 7.13. The zero-order chi connectivity index (χ0) is 20.7. The zero-order valence-corrected chi connectivity index (χ0v) is 15.8. The highest BCUT2D eigenvalue weighted by molar-refractivity contribution is 5.75. The molecule has 2 heterocycles. The summed E-state index contributed by atoms with van der Waals surface area (Å²) >= 11 is 0. The molecule has 1 aromatic rings. The van der Waals surface area contributed by atoms with Crippen molar-refractivity contribution in [1.82, 2.24) is 4.90 Å². The van der Waals surface area contributed by atoms with E-state index in [1.54, 1.807) is 37.8 Å². The molecule has 2 atom stereocenters. The van der Waals surface area contributed by atoms with E-state index in [1.165, 1.54) is 6.07 Å². The SMILES string of the molecule is CC(C)(C)OC(=O)N1C2C=C(c3cc(C#N)cc(C(F)(F)F)c3)CC1COC2. The number of rotatable bonds is 1. The Balaban J connectivity index is 1.96. The molecule has 1 amide bonds. The van der Waals surface area contributed by atoms with Crippen LogP contribution in [-0.2, 0) is 15.7 Å². The van der Waals surface area contributed by atoms with Crippen LogP contribution >= 0.6 is 0 Å². The molecular formula is C20H21F3N2O3. The normalized spacial score (nSPS) is 22.3. The number of hydrogen-bond donors (Lipinski definition) is 0. The van der Waals surface area contributed by atoms with Crippen LogP contribution in [0.1, 0.15) is 43.9 Å². The fourth-order valence-electron chi connectivity index (χ4n) is 3.45. The first-order valence-corrected chi connectivity index (χ1v) is 8.90. The Hall–Kier alpha value is -2.53. The fourth-order valence-corrected chi connectivity index (χ4v) is 3.45. The maximum absolute atomic E-state index is 13.2. The van der Waals surface area contributed by atoms with Gasteiger partial charge in [0.25, 0.3) is 0 Å². The van der Waals surface area contributed by atoms with E-state index in [4.69, 9.17) is 14.7 Å². The predicted octanol–water partition coefficient (Wildman–Crippen LogP) is 4.37. The zero-order valence-electron chi connectivity index (χ0n) is 15.8. The first-order valence-electron chi connectivity index (χ1n) is 8.90. The highest BCUT2D eigenvalue weighted by Gasteiger charge is 2.40. The lowest BCUT2D eigenvalue weighted by Gasteiger charge is -2.44. The highest BCUT2D eigenvalue weighted by atomic mass is 19.4. The van der Waals surface area contributed by atoms with Crippen molar-refractivity contribution in [2.24, 2.45) is 0 Å². The van der Waals surface area contributed by atoms with Gasteiger partial charge in [0.2, 0.25) is 0 Å². The molecule has 0 aliphatic carbocycles. The summed E-state index contributed by atoms with van der Waals surface area (Å²) < 4.78 is 50.6. The molecule has 0 N–H and O–H groups in total. The number of amides is 1. The Bertz CT molecular complexity index is 850. The van der Waals surface area contributed by atoms with E-state index in [9.17, 15) is 18.0 Å². The van der Waals surface area contributed by atoms with E-state index in [2.05, 4.69) is 0 Å². The van der Waals surface area contributed by atoms with Gasteiger partial charge in [-0.05, 0) is 56.5 Å². The molecule has 0 aromatic heterocycles. The van der Waals surface area contributed by atoms with E-state index < -0.39 is 29.5 Å². The van der Waals surface area contributed by atoms with Crippen molar-refractivity contribution < 1.29 is 27.4 Å². The molecular weight excluding hydrogens is 373 g/mol. The Morgan fingerprint density at radius 3 is 2.54 bits per heavy atom. The van der Waals surface area contributed by atoms with E-state index >= 15 is 0 Å². The van der Waals surface area contributed by atoms with Gasteiger partial charge in [0, 0.05) is 0 Å². The standard InChI is InChI=1S/C20H21F3N2O3/c1-19(2,3)28-18(26)25-16-7-14(8-17(25)11-27-10-16)13-4-12(9-24)5-15(6-13)20(21,22)23/h4-7,16-17H,8,10-11H2,1-3H3. The first-order chi connectivity index (χ1) is 13.0. The Morgan fingerprint density at radius 1 is 1.25 bits per heavy atom. The van der Waals surface area contributed by atoms with E-state index in [-0.39, 0.29) is 24.8 Å². The second-order valence-corrected chi connectivity index (χ2v) is 7.95. The number of morpholine rings is 1. The lowest BCUT2D eigenvalue weighted by atomic mass is 9.88. The molecule has 2 aliphatic heterocycles. The van der Waals surface area contributed by atoms with Crippen LogP contribution in [-0.4, -0.2) is 41.9 Å². The van der Waals surface area contributed by atoms with Crippen molar-refractivity contribution in [2.75, 3.05) is 13.2 Å². The molecule has 1 fully saturated rings. The molecule has 3 rings (SSSR count). The third-order valence-corrected chi connectivity index (χ3v) is 4.56. The van der Waals surface area contributed by atoms with Crippen LogP contribution in [0.5, 0.6) is 0 Å². The summed E-state index contributed by atoms with van der Waals surface area (Å²) in [4.78, 5) is 14.2. The number of fused-ring (bicyclic) bond motifs is 2. The third kappa shape index (κ3) is 4.30. The van der Waals surface area contributed by atoms with Crippen molar-refractivity contribution in [3.8, 4) is 6.07 Å². The molecule has 8 heteroatoms. The van der Waals surface area contributed by atoms with Gasteiger partial charge in [0.1, 0.15) is 5.60 Å². The lowest BCUT2D eigenvalue weighted by Crippen LogP contribution is -2.57. The Kier molecular flexibility index (Phi) is 5.15. The number of alkyl halides is 3. The molecule has 0 spiro atoms. The number of halogens is 3. The van der Waals surface area contributed by atoms with Crippen LogP contribution < -0.4 is 0 Å². The van der Waals surface area contributed by atoms with Crippen LogP contribution in [0.25, 0.3) is 5.57 Å². The summed E-state index contributed by atoms with van der Waals surface area (Å²) in [6.45, 7) is 5.83. The van der Waals surface area contributed by atoms with Crippen molar-refractivity contribution in [3.63, 3.8) is 0 Å². The minimum atomic E-state index is -4.54. The number of carbonyl (C=O) groups is 1. The van der Waals surface area contributed by atoms with Gasteiger partial charge in [-0.1, -0.05) is 6.08 Å². The number of benzene rings is 1. The van der Waals surface area contributed by atoms with Crippen LogP contribution in [0.2, 0.25) is 0 Å². The third-order valence-electron chi connectivity index (χ3n) is 4.56. The van der Waals surface area contributed by atoms with Gasteiger partial charge in [-0.15, -0.1) is 0 Å². The minimum Gasteiger partial charge on any atom is -0.444 e. The molecule has 1 saturated heterocycles. The molecule has 0 saturated carbocycles. The smallest absolute Gasteiger partial charge is 0.416 e. The molecule has 2 unspecified atom stereocenters. The molecule has 5 nitrogen and oxygen atoms in total. The van der Waals surface area contributed by atoms with Gasteiger partial charge in [0.05, 0.1) is 42.5 Å². The fraction of sp³-hybridized carbons (Fsp3) is 0.500. The second-order valence-electron chi connectivity index (χ2n) is 7.95. The van der Waals surface area contributed by atoms with E-state index in [0.717, 1.165) is 12.1 Å². The topological polar surface area (TPSA) is 62.6 Å². The van der Waals surface area contributed by atoms with Crippen LogP contribution in [0.3, 0.4) is 0 Å². The molecule has 2 bridgehead atoms. The quantitative estimate of drug-likeness (QED) is 0.710. The average molecular weight is 394 g/mol. The van der Waals surface area contributed by atoms with Crippen molar-refractivity contribution in [2.45, 2.75) is 51.1 Å². The first kappa shape index (κ1) is 20.2. The summed E-state index contributed by atoms with van der Waals surface area (Å²) in [5, 5.41) is 9.11. The minimum absolute atomic E-state index is 0.0540. The monoisotopic (exact) mass is 394 g/mol. The number of nitriles is 1. The van der Waals surface area contributed by atoms with Gasteiger partial charge in [-0.25, -0.2) is 4.79 Å². The largest absolute Gasteiger partial charge is 0.444 e. The number of ether oxygens (including phenoxy) is 2. The summed E-state index contributed by atoms with van der Waals surface area (Å²) in [6, 6.07) is 4.34. The van der Waals surface area contributed by atoms with Crippen LogP contribution in [0.4, 0.5) is 18.0 Å². The maximum Gasteiger partial charge on any atom is 0.416 e. The van der Waals surface area contributed by atoms with Crippen molar-refractivity contribution >= 4 is 11.7 Å². The van der Waals surface area contributed by atoms with Gasteiger partial charge in [-0.2, -0.15) is 18.4 Å². The summed E-state index contributed by atoms with van der Waals surface area (Å²) in [7, 11) is 0. The van der Waals surface area contributed by atoms with Gasteiger partial charge < -0.3 is 9.47 Å². The number of carbonyl (C=O) groups excluding carboxylic acids is 1. The molecule has 1 aromatic carbocycles. The lowest BCUT2D eigenvalue weighted by molar-refractivity contribution is -0.137. The maximum atomic E-state index is 13.2. The Labute approximate surface area is 161 Å². The molecule has 2 aliphatic rings. The van der Waals surface area contributed by atoms with Crippen LogP contribution in [0.15, 0.2) is 24.3 Å². The molecule has 0 radical (unpaired) electrons. The van der Waals surface area contributed by atoms with Crippen molar-refractivity contribution in [3.05, 3.63) is 41.0 Å². The van der Waals surface area contributed by atoms with E-state index in [0.29, 0.717) is 17.6 Å². The highest BCUT2D eigenvalue weighted by Crippen LogP contribution is 2.37. The van der Waals surface area contributed by atoms with Crippen LogP contribution in [0, 0.1) is 11.3 Å². The summed E-state index contributed by atoms with van der Waals surface area (Å²) in [5.74, 6) is 0. The van der Waals surface area contributed by atoms with Crippen molar-refractivity contribution in [1.29, 1.82) is 5.26 Å². The van der Waals surface area contributed by atoms with Gasteiger partial charge in [-0.3, -0.25) is 4.90 Å². The summed E-state index contributed by atoms with van der Waals surface area (Å²) in [5.41, 5.74) is -0.563.